The highest BCUT2D eigenvalue weighted by Gasteiger charge is 2.08. The highest BCUT2D eigenvalue weighted by atomic mass is 35.5. The van der Waals surface area contributed by atoms with E-state index in [0.29, 0.717) is 15.7 Å². The van der Waals surface area contributed by atoms with Gasteiger partial charge in [-0.1, -0.05) is 59.6 Å². The summed E-state index contributed by atoms with van der Waals surface area (Å²) in [5, 5.41) is 0.994. The molecule has 0 fully saturated rings. The van der Waals surface area contributed by atoms with Crippen LogP contribution in [0.5, 0.6) is 0 Å². The first-order chi connectivity index (χ1) is 7.20. The summed E-state index contributed by atoms with van der Waals surface area (Å²) in [4.78, 5) is 0. The molecule has 1 nitrogen and oxygen atoms in total. The lowest BCUT2D eigenvalue weighted by molar-refractivity contribution is 1.61. The van der Waals surface area contributed by atoms with E-state index < -0.39 is 0 Å². The van der Waals surface area contributed by atoms with Crippen molar-refractivity contribution in [3.63, 3.8) is 0 Å². The Kier molecular flexibility index (Phi) is 2.85. The van der Waals surface area contributed by atoms with Gasteiger partial charge in [-0.3, -0.25) is 0 Å². The molecule has 0 saturated carbocycles. The van der Waals surface area contributed by atoms with Crippen molar-refractivity contribution < 1.29 is 0 Å². The predicted octanol–water partition coefficient (Wildman–Crippen LogP) is 4.24. The number of hydrogen-bond acceptors (Lipinski definition) is 1. The van der Waals surface area contributed by atoms with Crippen molar-refractivity contribution in [1.29, 1.82) is 0 Å². The Morgan fingerprint density at radius 1 is 0.867 bits per heavy atom. The molecule has 2 aromatic rings. The molecule has 3 heteroatoms. The van der Waals surface area contributed by atoms with Gasteiger partial charge in [-0.15, -0.1) is 0 Å². The Balaban J connectivity index is 2.60. The maximum atomic E-state index is 6.12. The average Bonchev–Trinajstić information content (AvgIpc) is 2.27. The zero-order chi connectivity index (χ0) is 10.8. The second-order valence-corrected chi connectivity index (χ2v) is 3.97. The van der Waals surface area contributed by atoms with Crippen LogP contribution in [0.15, 0.2) is 42.5 Å². The Hall–Kier alpha value is -1.18. The van der Waals surface area contributed by atoms with Crippen LogP contribution in [0.1, 0.15) is 0 Å². The SMILES string of the molecule is Nc1c(Cl)ccc(-c2ccccc2)c1Cl. The summed E-state index contributed by atoms with van der Waals surface area (Å²) in [6, 6.07) is 13.5. The molecule has 0 unspecified atom stereocenters. The molecule has 0 aliphatic rings. The normalized spacial score (nSPS) is 10.3. The van der Waals surface area contributed by atoms with Crippen LogP contribution in [-0.4, -0.2) is 0 Å². The van der Waals surface area contributed by atoms with Gasteiger partial charge in [0.2, 0.25) is 0 Å². The molecule has 0 heterocycles. The zero-order valence-corrected chi connectivity index (χ0v) is 9.39. The molecule has 0 aliphatic carbocycles. The Bertz CT molecular complexity index is 480. The summed E-state index contributed by atoms with van der Waals surface area (Å²) in [5.41, 5.74) is 8.12. The Labute approximate surface area is 98.4 Å². The van der Waals surface area contributed by atoms with Crippen molar-refractivity contribution in [3.8, 4) is 11.1 Å². The lowest BCUT2D eigenvalue weighted by atomic mass is 10.1. The molecule has 2 aromatic carbocycles. The van der Waals surface area contributed by atoms with Gasteiger partial charge in [-0.2, -0.15) is 0 Å². The van der Waals surface area contributed by atoms with Gasteiger partial charge in [0.1, 0.15) is 0 Å². The minimum atomic E-state index is 0.430. The van der Waals surface area contributed by atoms with Crippen LogP contribution in [-0.2, 0) is 0 Å². The summed E-state index contributed by atoms with van der Waals surface area (Å²) in [7, 11) is 0. The van der Waals surface area contributed by atoms with E-state index in [2.05, 4.69) is 0 Å². The third-order valence-corrected chi connectivity index (χ3v) is 2.95. The van der Waals surface area contributed by atoms with Gasteiger partial charge in [-0.05, 0) is 11.6 Å². The molecule has 2 rings (SSSR count). The summed E-state index contributed by atoms with van der Waals surface area (Å²) in [5.74, 6) is 0. The molecule has 0 aromatic heterocycles. The zero-order valence-electron chi connectivity index (χ0n) is 7.87. The maximum Gasteiger partial charge on any atom is 0.0729 e. The number of anilines is 1. The first kappa shape index (κ1) is 10.3. The molecular formula is C12H9Cl2N. The standard InChI is InChI=1S/C12H9Cl2N/c13-10-7-6-9(11(14)12(10)15)8-4-2-1-3-5-8/h1-7H,15H2. The molecule has 15 heavy (non-hydrogen) atoms. The van der Waals surface area contributed by atoms with Gasteiger partial charge in [0.25, 0.3) is 0 Å². The van der Waals surface area contributed by atoms with E-state index >= 15 is 0 Å². The van der Waals surface area contributed by atoms with Crippen LogP contribution in [0.25, 0.3) is 11.1 Å². The van der Waals surface area contributed by atoms with Crippen molar-refractivity contribution in [3.05, 3.63) is 52.5 Å². The monoisotopic (exact) mass is 237 g/mol. The minimum absolute atomic E-state index is 0.430. The van der Waals surface area contributed by atoms with E-state index in [1.165, 1.54) is 0 Å². The van der Waals surface area contributed by atoms with Crippen molar-refractivity contribution in [2.45, 2.75) is 0 Å². The number of halogens is 2. The fraction of sp³-hybridized carbons (Fsp3) is 0. The Morgan fingerprint density at radius 2 is 1.53 bits per heavy atom. The molecule has 76 valence electrons. The van der Waals surface area contributed by atoms with Crippen molar-refractivity contribution >= 4 is 28.9 Å². The van der Waals surface area contributed by atoms with Crippen LogP contribution >= 0.6 is 23.2 Å². The van der Waals surface area contributed by atoms with Crippen molar-refractivity contribution in [2.75, 3.05) is 5.73 Å². The molecule has 0 saturated heterocycles. The second kappa shape index (κ2) is 4.13. The molecule has 0 radical (unpaired) electrons. The van der Waals surface area contributed by atoms with Crippen LogP contribution in [0.3, 0.4) is 0 Å². The summed E-state index contributed by atoms with van der Waals surface area (Å²) < 4.78 is 0. The first-order valence-corrected chi connectivity index (χ1v) is 5.24. The Morgan fingerprint density at radius 3 is 2.20 bits per heavy atom. The number of hydrogen-bond donors (Lipinski definition) is 1. The van der Waals surface area contributed by atoms with E-state index in [9.17, 15) is 0 Å². The average molecular weight is 238 g/mol. The molecule has 0 aliphatic heterocycles. The van der Waals surface area contributed by atoms with Crippen molar-refractivity contribution in [1.82, 2.24) is 0 Å². The van der Waals surface area contributed by atoms with E-state index in [1.54, 1.807) is 6.07 Å². The van der Waals surface area contributed by atoms with Crippen LogP contribution < -0.4 is 5.73 Å². The van der Waals surface area contributed by atoms with Crippen molar-refractivity contribution in [2.24, 2.45) is 0 Å². The molecule has 0 amide bonds. The van der Waals surface area contributed by atoms with Gasteiger partial charge in [-0.25, -0.2) is 0 Å². The molecule has 0 bridgehead atoms. The van der Waals surface area contributed by atoms with Gasteiger partial charge < -0.3 is 5.73 Å². The van der Waals surface area contributed by atoms with E-state index in [0.717, 1.165) is 11.1 Å². The number of nitrogens with two attached hydrogens (primary N) is 1. The van der Waals surface area contributed by atoms with E-state index in [-0.39, 0.29) is 0 Å². The topological polar surface area (TPSA) is 26.0 Å². The molecule has 0 atom stereocenters. The lowest BCUT2D eigenvalue weighted by Gasteiger charge is -2.08. The quantitative estimate of drug-likeness (QED) is 0.738. The summed E-state index contributed by atoms with van der Waals surface area (Å²) in [6.07, 6.45) is 0. The number of rotatable bonds is 1. The van der Waals surface area contributed by atoms with E-state index in [1.807, 2.05) is 36.4 Å². The molecular weight excluding hydrogens is 229 g/mol. The van der Waals surface area contributed by atoms with Crippen LogP contribution in [0, 0.1) is 0 Å². The largest absolute Gasteiger partial charge is 0.396 e. The van der Waals surface area contributed by atoms with Gasteiger partial charge >= 0.3 is 0 Å². The second-order valence-electron chi connectivity index (χ2n) is 3.19. The van der Waals surface area contributed by atoms with E-state index in [4.69, 9.17) is 28.9 Å². The van der Waals surface area contributed by atoms with Gasteiger partial charge in [0.05, 0.1) is 15.7 Å². The predicted molar refractivity (Wildman–Crippen MR) is 66.3 cm³/mol. The fourth-order valence-electron chi connectivity index (χ4n) is 1.41. The highest BCUT2D eigenvalue weighted by molar-refractivity contribution is 6.40. The molecule has 0 spiro atoms. The summed E-state index contributed by atoms with van der Waals surface area (Å²) >= 11 is 12.0. The number of benzene rings is 2. The third kappa shape index (κ3) is 1.94. The minimum Gasteiger partial charge on any atom is -0.396 e. The van der Waals surface area contributed by atoms with Gasteiger partial charge in [0.15, 0.2) is 0 Å². The number of nitrogen functional groups attached to an aromatic ring is 1. The van der Waals surface area contributed by atoms with Crippen LogP contribution in [0.4, 0.5) is 5.69 Å². The molecule has 2 N–H and O–H groups in total. The lowest BCUT2D eigenvalue weighted by Crippen LogP contribution is -1.90. The summed E-state index contributed by atoms with van der Waals surface area (Å²) in [6.45, 7) is 0. The maximum absolute atomic E-state index is 6.12. The van der Waals surface area contributed by atoms with Gasteiger partial charge in [0, 0.05) is 5.56 Å². The smallest absolute Gasteiger partial charge is 0.0729 e. The highest BCUT2D eigenvalue weighted by Crippen LogP contribution is 2.36. The fourth-order valence-corrected chi connectivity index (χ4v) is 1.89. The van der Waals surface area contributed by atoms with Crippen LogP contribution in [0.2, 0.25) is 10.0 Å². The third-order valence-electron chi connectivity index (χ3n) is 2.21. The first-order valence-electron chi connectivity index (χ1n) is 4.49.